The molecule has 0 spiro atoms. The van der Waals surface area contributed by atoms with Crippen LogP contribution < -0.4 is 0 Å². The van der Waals surface area contributed by atoms with Crippen molar-refractivity contribution in [3.63, 3.8) is 0 Å². The molecule has 0 bridgehead atoms. The molecule has 0 aromatic heterocycles. The molecule has 0 aliphatic rings. The third-order valence-electron chi connectivity index (χ3n) is 2.87. The Labute approximate surface area is 122 Å². The first kappa shape index (κ1) is 17.1. The first-order valence-corrected chi connectivity index (χ1v) is 6.73. The Morgan fingerprint density at radius 2 is 1.90 bits per heavy atom. The summed E-state index contributed by atoms with van der Waals surface area (Å²) < 4.78 is 26.0. The molecule has 0 radical (unpaired) electrons. The maximum atomic E-state index is 13.1. The first-order valence-electron chi connectivity index (χ1n) is 6.73. The predicted molar refractivity (Wildman–Crippen MR) is 73.7 cm³/mol. The lowest BCUT2D eigenvalue weighted by Gasteiger charge is -2.24. The zero-order valence-corrected chi connectivity index (χ0v) is 12.1. The van der Waals surface area contributed by atoms with Crippen LogP contribution in [0.5, 0.6) is 0 Å². The number of carbonyl (C=O) groups excluding carboxylic acids is 1. The number of amides is 1. The van der Waals surface area contributed by atoms with E-state index in [-0.39, 0.29) is 31.2 Å². The Bertz CT molecular complexity index is 518. The van der Waals surface area contributed by atoms with E-state index in [2.05, 4.69) is 0 Å². The predicted octanol–water partition coefficient (Wildman–Crippen LogP) is 2.47. The number of hydrogen-bond donors (Lipinski definition) is 1. The van der Waals surface area contributed by atoms with Crippen LogP contribution in [0.2, 0.25) is 0 Å². The van der Waals surface area contributed by atoms with Gasteiger partial charge < -0.3 is 10.0 Å². The molecule has 0 saturated carbocycles. The highest BCUT2D eigenvalue weighted by Gasteiger charge is 2.17. The van der Waals surface area contributed by atoms with Gasteiger partial charge in [0.15, 0.2) is 11.6 Å². The third kappa shape index (κ3) is 5.89. The van der Waals surface area contributed by atoms with Crippen molar-refractivity contribution in [2.45, 2.75) is 26.7 Å². The molecule has 4 nitrogen and oxygen atoms in total. The minimum Gasteiger partial charge on any atom is -0.481 e. The monoisotopic (exact) mass is 299 g/mol. The summed E-state index contributed by atoms with van der Waals surface area (Å²) in [5.41, 5.74) is 0.364. The molecule has 0 atom stereocenters. The Morgan fingerprint density at radius 1 is 1.24 bits per heavy atom. The van der Waals surface area contributed by atoms with Crippen LogP contribution in [-0.4, -0.2) is 35.0 Å². The van der Waals surface area contributed by atoms with E-state index in [1.165, 1.54) is 11.0 Å². The van der Waals surface area contributed by atoms with Crippen molar-refractivity contribution in [2.24, 2.45) is 5.92 Å². The maximum Gasteiger partial charge on any atom is 0.305 e. The van der Waals surface area contributed by atoms with E-state index in [0.29, 0.717) is 12.1 Å². The van der Waals surface area contributed by atoms with Gasteiger partial charge in [0, 0.05) is 13.1 Å². The van der Waals surface area contributed by atoms with Crippen LogP contribution in [0.4, 0.5) is 8.78 Å². The topological polar surface area (TPSA) is 57.6 Å². The van der Waals surface area contributed by atoms with Gasteiger partial charge in [0.2, 0.25) is 5.91 Å². The number of benzene rings is 1. The van der Waals surface area contributed by atoms with E-state index in [1.54, 1.807) is 0 Å². The number of carboxylic acid groups (broad SMARTS) is 1. The van der Waals surface area contributed by atoms with Crippen molar-refractivity contribution >= 4 is 11.9 Å². The zero-order valence-electron chi connectivity index (χ0n) is 12.1. The van der Waals surface area contributed by atoms with E-state index in [1.807, 2.05) is 13.8 Å². The van der Waals surface area contributed by atoms with Gasteiger partial charge in [-0.3, -0.25) is 9.59 Å². The summed E-state index contributed by atoms with van der Waals surface area (Å²) in [7, 11) is 0. The van der Waals surface area contributed by atoms with Gasteiger partial charge in [-0.25, -0.2) is 8.78 Å². The van der Waals surface area contributed by atoms with Crippen LogP contribution in [0.3, 0.4) is 0 Å². The largest absolute Gasteiger partial charge is 0.481 e. The van der Waals surface area contributed by atoms with E-state index >= 15 is 0 Å². The zero-order chi connectivity index (χ0) is 16.0. The lowest BCUT2D eigenvalue weighted by molar-refractivity contribution is -0.138. The number of rotatable bonds is 7. The van der Waals surface area contributed by atoms with Gasteiger partial charge in [0.25, 0.3) is 0 Å². The minimum atomic E-state index is -0.999. The molecule has 0 saturated heterocycles. The lowest BCUT2D eigenvalue weighted by Crippen LogP contribution is -2.37. The summed E-state index contributed by atoms with van der Waals surface area (Å²) in [6.45, 7) is 4.36. The fraction of sp³-hybridized carbons (Fsp3) is 0.467. The van der Waals surface area contributed by atoms with Gasteiger partial charge in [0.1, 0.15) is 0 Å². The summed E-state index contributed by atoms with van der Waals surface area (Å²) in [4.78, 5) is 24.2. The molecule has 116 valence electrons. The minimum absolute atomic E-state index is 0.0798. The van der Waals surface area contributed by atoms with Crippen molar-refractivity contribution in [1.29, 1.82) is 0 Å². The lowest BCUT2D eigenvalue weighted by atomic mass is 10.1. The summed E-state index contributed by atoms with van der Waals surface area (Å²) in [6.07, 6.45) is -0.222. The van der Waals surface area contributed by atoms with Crippen LogP contribution >= 0.6 is 0 Å². The fourth-order valence-electron chi connectivity index (χ4n) is 1.93. The Hall–Kier alpha value is -1.98. The molecular weight excluding hydrogens is 280 g/mol. The molecule has 0 heterocycles. The number of carboxylic acids is 1. The number of carbonyl (C=O) groups is 2. The second-order valence-electron chi connectivity index (χ2n) is 5.30. The van der Waals surface area contributed by atoms with Crippen molar-refractivity contribution in [3.8, 4) is 0 Å². The number of hydrogen-bond acceptors (Lipinski definition) is 2. The van der Waals surface area contributed by atoms with Crippen LogP contribution in [0.1, 0.15) is 25.8 Å². The highest BCUT2D eigenvalue weighted by Crippen LogP contribution is 2.11. The standard InChI is InChI=1S/C15H19F2NO3/c1-10(2)9-18(6-5-15(20)21)14(19)8-11-3-4-12(16)13(17)7-11/h3-4,7,10H,5-6,8-9H2,1-2H3,(H,20,21). The molecular formula is C15H19F2NO3. The van der Waals surface area contributed by atoms with Crippen LogP contribution in [-0.2, 0) is 16.0 Å². The van der Waals surface area contributed by atoms with Crippen LogP contribution in [0.25, 0.3) is 0 Å². The smallest absolute Gasteiger partial charge is 0.305 e. The van der Waals surface area contributed by atoms with Crippen molar-refractivity contribution < 1.29 is 23.5 Å². The second-order valence-corrected chi connectivity index (χ2v) is 5.30. The van der Waals surface area contributed by atoms with Gasteiger partial charge in [0.05, 0.1) is 12.8 Å². The van der Waals surface area contributed by atoms with Gasteiger partial charge in [-0.1, -0.05) is 19.9 Å². The average molecular weight is 299 g/mol. The number of halogens is 2. The average Bonchev–Trinajstić information content (AvgIpc) is 2.38. The molecule has 21 heavy (non-hydrogen) atoms. The molecule has 0 aliphatic heterocycles. The van der Waals surface area contributed by atoms with Gasteiger partial charge in [-0.15, -0.1) is 0 Å². The highest BCUT2D eigenvalue weighted by atomic mass is 19.2. The molecule has 1 aromatic rings. The van der Waals surface area contributed by atoms with E-state index in [0.717, 1.165) is 12.1 Å². The normalized spacial score (nSPS) is 10.7. The fourth-order valence-corrected chi connectivity index (χ4v) is 1.93. The van der Waals surface area contributed by atoms with Crippen molar-refractivity contribution in [3.05, 3.63) is 35.4 Å². The van der Waals surface area contributed by atoms with E-state index in [4.69, 9.17) is 5.11 Å². The molecule has 1 amide bonds. The van der Waals surface area contributed by atoms with E-state index in [9.17, 15) is 18.4 Å². The van der Waals surface area contributed by atoms with Crippen LogP contribution in [0.15, 0.2) is 18.2 Å². The first-order chi connectivity index (χ1) is 9.79. The summed E-state index contributed by atoms with van der Waals surface area (Å²) in [6, 6.07) is 3.31. The Kier molecular flexibility index (Phi) is 6.27. The quantitative estimate of drug-likeness (QED) is 0.841. The van der Waals surface area contributed by atoms with Crippen LogP contribution in [0, 0.1) is 17.6 Å². The molecule has 0 unspecified atom stereocenters. The summed E-state index contributed by atoms with van der Waals surface area (Å²) in [5.74, 6) is -3.05. The molecule has 0 aliphatic carbocycles. The molecule has 0 fully saturated rings. The summed E-state index contributed by atoms with van der Waals surface area (Å²) >= 11 is 0. The summed E-state index contributed by atoms with van der Waals surface area (Å²) in [5, 5.41) is 8.71. The Morgan fingerprint density at radius 3 is 2.43 bits per heavy atom. The van der Waals surface area contributed by atoms with Gasteiger partial charge in [-0.2, -0.15) is 0 Å². The highest BCUT2D eigenvalue weighted by molar-refractivity contribution is 5.79. The van der Waals surface area contributed by atoms with Gasteiger partial charge in [-0.05, 0) is 23.6 Å². The third-order valence-corrected chi connectivity index (χ3v) is 2.87. The van der Waals surface area contributed by atoms with Crippen molar-refractivity contribution in [2.75, 3.05) is 13.1 Å². The molecule has 1 N–H and O–H groups in total. The SMILES string of the molecule is CC(C)CN(CCC(=O)O)C(=O)Cc1ccc(F)c(F)c1. The Balaban J connectivity index is 2.74. The van der Waals surface area contributed by atoms with E-state index < -0.39 is 17.6 Å². The molecule has 1 aromatic carbocycles. The molecule has 6 heteroatoms. The number of aliphatic carboxylic acids is 1. The number of nitrogens with zero attached hydrogens (tertiary/aromatic N) is 1. The maximum absolute atomic E-state index is 13.1. The second kappa shape index (κ2) is 7.71. The van der Waals surface area contributed by atoms with Crippen molar-refractivity contribution in [1.82, 2.24) is 4.90 Å². The molecule has 1 rings (SSSR count). The van der Waals surface area contributed by atoms with Gasteiger partial charge >= 0.3 is 5.97 Å².